The van der Waals surface area contributed by atoms with Crippen LogP contribution in [0, 0.1) is 0 Å². The molecule has 0 aromatic carbocycles. The van der Waals surface area contributed by atoms with Crippen molar-refractivity contribution in [2.24, 2.45) is 0 Å². The number of hydrogen-bond acceptors (Lipinski definition) is 3. The van der Waals surface area contributed by atoms with Gasteiger partial charge in [-0.25, -0.2) is 0 Å². The van der Waals surface area contributed by atoms with Crippen LogP contribution in [-0.4, -0.2) is 54.4 Å². The van der Waals surface area contributed by atoms with Crippen LogP contribution >= 0.6 is 0 Å². The number of carbonyl (C=O) groups excluding carboxylic acids is 1. The summed E-state index contributed by atoms with van der Waals surface area (Å²) < 4.78 is 39.5. The van der Waals surface area contributed by atoms with Crippen molar-refractivity contribution in [1.29, 1.82) is 0 Å². The number of alkyl halides is 3. The topological polar surface area (TPSA) is 66.8 Å². The predicted molar refractivity (Wildman–Crippen MR) is 56.0 cm³/mol. The lowest BCUT2D eigenvalue weighted by Gasteiger charge is -2.19. The van der Waals surface area contributed by atoms with Crippen molar-refractivity contribution in [1.82, 2.24) is 4.90 Å². The minimum atomic E-state index is -4.42. The molecular weight excluding hydrogens is 255 g/mol. The molecule has 0 bridgehead atoms. The molecule has 1 N–H and O–H groups in total. The molecule has 0 heterocycles. The van der Waals surface area contributed by atoms with Gasteiger partial charge in [-0.3, -0.25) is 9.59 Å². The second-order valence-corrected chi connectivity index (χ2v) is 3.63. The van der Waals surface area contributed by atoms with E-state index in [2.05, 4.69) is 4.74 Å². The summed E-state index contributed by atoms with van der Waals surface area (Å²) in [5.74, 6) is -1.69. The Morgan fingerprint density at radius 3 is 2.39 bits per heavy atom. The Kier molecular flexibility index (Phi) is 7.33. The third kappa shape index (κ3) is 8.80. The van der Waals surface area contributed by atoms with Crippen molar-refractivity contribution in [3.63, 3.8) is 0 Å². The van der Waals surface area contributed by atoms with Crippen LogP contribution in [0.25, 0.3) is 0 Å². The van der Waals surface area contributed by atoms with Crippen LogP contribution in [0.15, 0.2) is 0 Å². The number of carboxylic acid groups (broad SMARTS) is 1. The average Bonchev–Trinajstić information content (AvgIpc) is 2.21. The third-order valence-electron chi connectivity index (χ3n) is 1.90. The van der Waals surface area contributed by atoms with E-state index >= 15 is 0 Å². The molecule has 8 heteroatoms. The fourth-order valence-electron chi connectivity index (χ4n) is 1.23. The molecule has 0 saturated carbocycles. The zero-order valence-electron chi connectivity index (χ0n) is 10.00. The summed E-state index contributed by atoms with van der Waals surface area (Å²) in [4.78, 5) is 23.1. The van der Waals surface area contributed by atoms with Crippen LogP contribution in [0.1, 0.15) is 19.8 Å². The van der Waals surface area contributed by atoms with Crippen LogP contribution in [-0.2, 0) is 14.3 Å². The SMILES string of the molecule is CCCN(CC(=O)O)C(=O)CCOCC(F)(F)F. The number of amides is 1. The Bertz CT molecular complexity index is 281. The van der Waals surface area contributed by atoms with E-state index in [1.165, 1.54) is 0 Å². The lowest BCUT2D eigenvalue weighted by molar-refractivity contribution is -0.175. The zero-order chi connectivity index (χ0) is 14.2. The number of carboxylic acids is 1. The van der Waals surface area contributed by atoms with Gasteiger partial charge in [-0.1, -0.05) is 6.92 Å². The van der Waals surface area contributed by atoms with Gasteiger partial charge in [0.25, 0.3) is 0 Å². The van der Waals surface area contributed by atoms with Gasteiger partial charge in [0.2, 0.25) is 5.91 Å². The second-order valence-electron chi connectivity index (χ2n) is 3.63. The van der Waals surface area contributed by atoms with Crippen LogP contribution in [0.3, 0.4) is 0 Å². The molecule has 0 unspecified atom stereocenters. The number of hydrogen-bond donors (Lipinski definition) is 1. The molecule has 0 aromatic heterocycles. The molecular formula is C10H16F3NO4. The third-order valence-corrected chi connectivity index (χ3v) is 1.90. The Morgan fingerprint density at radius 2 is 1.94 bits per heavy atom. The molecule has 0 saturated heterocycles. The van der Waals surface area contributed by atoms with Crippen LogP contribution in [0.2, 0.25) is 0 Å². The van der Waals surface area contributed by atoms with Gasteiger partial charge in [0, 0.05) is 6.54 Å². The summed E-state index contributed by atoms with van der Waals surface area (Å²) in [6.45, 7) is -0.218. The summed E-state index contributed by atoms with van der Waals surface area (Å²) in [6.07, 6.45) is -4.11. The summed E-state index contributed by atoms with van der Waals surface area (Å²) in [5, 5.41) is 8.56. The smallest absolute Gasteiger partial charge is 0.411 e. The van der Waals surface area contributed by atoms with E-state index in [0.29, 0.717) is 6.42 Å². The molecule has 0 atom stereocenters. The number of rotatable bonds is 8. The second kappa shape index (κ2) is 7.91. The Labute approximate surface area is 103 Å². The average molecular weight is 271 g/mol. The van der Waals surface area contributed by atoms with Crippen molar-refractivity contribution in [3.05, 3.63) is 0 Å². The Hall–Kier alpha value is -1.31. The number of halogens is 3. The zero-order valence-corrected chi connectivity index (χ0v) is 10.00. The van der Waals surface area contributed by atoms with Gasteiger partial charge < -0.3 is 14.7 Å². The molecule has 0 fully saturated rings. The normalized spacial score (nSPS) is 11.3. The van der Waals surface area contributed by atoms with Gasteiger partial charge in [-0.15, -0.1) is 0 Å². The van der Waals surface area contributed by atoms with Gasteiger partial charge in [-0.2, -0.15) is 13.2 Å². The molecule has 0 aliphatic rings. The molecule has 0 rings (SSSR count). The minimum Gasteiger partial charge on any atom is -0.480 e. The number of ether oxygens (including phenoxy) is 1. The first kappa shape index (κ1) is 16.7. The quantitative estimate of drug-likeness (QED) is 0.675. The van der Waals surface area contributed by atoms with Crippen molar-refractivity contribution >= 4 is 11.9 Å². The van der Waals surface area contributed by atoms with Crippen molar-refractivity contribution in [2.75, 3.05) is 26.3 Å². The summed E-state index contributed by atoms with van der Waals surface area (Å²) in [7, 11) is 0. The number of carbonyl (C=O) groups is 2. The Balaban J connectivity index is 3.99. The van der Waals surface area contributed by atoms with Gasteiger partial charge in [-0.05, 0) is 6.42 Å². The van der Waals surface area contributed by atoms with Gasteiger partial charge in [0.15, 0.2) is 0 Å². The summed E-state index contributed by atoms with van der Waals surface area (Å²) in [5.41, 5.74) is 0. The maximum atomic E-state index is 11.7. The van der Waals surface area contributed by atoms with E-state index in [0.717, 1.165) is 4.90 Å². The fourth-order valence-corrected chi connectivity index (χ4v) is 1.23. The molecule has 0 aliphatic heterocycles. The minimum absolute atomic E-state index is 0.254. The maximum Gasteiger partial charge on any atom is 0.411 e. The highest BCUT2D eigenvalue weighted by Crippen LogP contribution is 2.14. The first-order valence-electron chi connectivity index (χ1n) is 5.40. The molecule has 1 amide bonds. The molecule has 0 aromatic rings. The molecule has 0 radical (unpaired) electrons. The van der Waals surface area contributed by atoms with Gasteiger partial charge in [0.1, 0.15) is 13.2 Å². The van der Waals surface area contributed by atoms with Crippen LogP contribution in [0.4, 0.5) is 13.2 Å². The monoisotopic (exact) mass is 271 g/mol. The standard InChI is InChI=1S/C10H16F3NO4/c1-2-4-14(6-9(16)17)8(15)3-5-18-7-10(11,12)13/h2-7H2,1H3,(H,16,17). The first-order chi connectivity index (χ1) is 8.26. The number of aliphatic carboxylic acids is 1. The van der Waals surface area contributed by atoms with Crippen LogP contribution < -0.4 is 0 Å². The van der Waals surface area contributed by atoms with Crippen molar-refractivity contribution in [2.45, 2.75) is 25.9 Å². The molecule has 5 nitrogen and oxygen atoms in total. The van der Waals surface area contributed by atoms with Gasteiger partial charge >= 0.3 is 12.1 Å². The van der Waals surface area contributed by atoms with E-state index in [-0.39, 0.29) is 19.6 Å². The molecule has 0 spiro atoms. The van der Waals surface area contributed by atoms with Crippen molar-refractivity contribution in [3.8, 4) is 0 Å². The maximum absolute atomic E-state index is 11.7. The molecule has 106 valence electrons. The van der Waals surface area contributed by atoms with Gasteiger partial charge in [0.05, 0.1) is 13.0 Å². The highest BCUT2D eigenvalue weighted by Gasteiger charge is 2.27. The highest BCUT2D eigenvalue weighted by atomic mass is 19.4. The van der Waals surface area contributed by atoms with E-state index in [1.54, 1.807) is 6.92 Å². The van der Waals surface area contributed by atoms with E-state index < -0.39 is 31.2 Å². The summed E-state index contributed by atoms with van der Waals surface area (Å²) in [6, 6.07) is 0. The Morgan fingerprint density at radius 1 is 1.33 bits per heavy atom. The molecule has 18 heavy (non-hydrogen) atoms. The van der Waals surface area contributed by atoms with Crippen molar-refractivity contribution < 1.29 is 32.6 Å². The first-order valence-corrected chi connectivity index (χ1v) is 5.40. The highest BCUT2D eigenvalue weighted by molar-refractivity contribution is 5.81. The fraction of sp³-hybridized carbons (Fsp3) is 0.800. The largest absolute Gasteiger partial charge is 0.480 e. The van der Waals surface area contributed by atoms with E-state index in [9.17, 15) is 22.8 Å². The van der Waals surface area contributed by atoms with E-state index in [1.807, 2.05) is 0 Å². The number of nitrogens with zero attached hydrogens (tertiary/aromatic N) is 1. The predicted octanol–water partition coefficient (Wildman–Crippen LogP) is 1.28. The van der Waals surface area contributed by atoms with Crippen LogP contribution in [0.5, 0.6) is 0 Å². The lowest BCUT2D eigenvalue weighted by atomic mass is 10.3. The van der Waals surface area contributed by atoms with E-state index in [4.69, 9.17) is 5.11 Å². The summed E-state index contributed by atoms with van der Waals surface area (Å²) >= 11 is 0. The lowest BCUT2D eigenvalue weighted by Crippen LogP contribution is -2.36. The molecule has 0 aliphatic carbocycles.